The van der Waals surface area contributed by atoms with Crippen LogP contribution in [0, 0.1) is 6.92 Å². The zero-order valence-corrected chi connectivity index (χ0v) is 14.6. The standard InChI is InChI=1S/C23H19NO2/c1-17-7-9-18(10-8-17)19-11-13-22(14-12-19)25-15-21-16-26-23(24-21)20-5-3-2-4-6-20/h2-14,16H,15H2,1H3. The van der Waals surface area contributed by atoms with Gasteiger partial charge in [-0.1, -0.05) is 60.2 Å². The monoisotopic (exact) mass is 341 g/mol. The molecule has 0 N–H and O–H groups in total. The molecule has 0 aliphatic heterocycles. The van der Waals surface area contributed by atoms with Gasteiger partial charge in [-0.3, -0.25) is 0 Å². The zero-order chi connectivity index (χ0) is 17.8. The fourth-order valence-corrected chi connectivity index (χ4v) is 2.73. The first-order valence-electron chi connectivity index (χ1n) is 8.58. The molecule has 26 heavy (non-hydrogen) atoms. The van der Waals surface area contributed by atoms with Crippen LogP contribution < -0.4 is 4.74 Å². The number of nitrogens with zero attached hydrogens (tertiary/aromatic N) is 1. The van der Waals surface area contributed by atoms with Crippen LogP contribution in [0.25, 0.3) is 22.6 Å². The molecule has 0 aliphatic rings. The Morgan fingerprint density at radius 2 is 1.42 bits per heavy atom. The van der Waals surface area contributed by atoms with Crippen molar-refractivity contribution in [1.29, 1.82) is 0 Å². The predicted octanol–water partition coefficient (Wildman–Crippen LogP) is 5.90. The lowest BCUT2D eigenvalue weighted by atomic mass is 10.0. The zero-order valence-electron chi connectivity index (χ0n) is 14.6. The van der Waals surface area contributed by atoms with Crippen molar-refractivity contribution in [3.63, 3.8) is 0 Å². The van der Waals surface area contributed by atoms with Crippen molar-refractivity contribution in [2.75, 3.05) is 0 Å². The van der Waals surface area contributed by atoms with E-state index in [0.29, 0.717) is 12.5 Å². The summed E-state index contributed by atoms with van der Waals surface area (Å²) in [6, 6.07) is 26.4. The van der Waals surface area contributed by atoms with Gasteiger partial charge < -0.3 is 9.15 Å². The van der Waals surface area contributed by atoms with E-state index < -0.39 is 0 Å². The summed E-state index contributed by atoms with van der Waals surface area (Å²) < 4.78 is 11.4. The van der Waals surface area contributed by atoms with E-state index in [1.54, 1.807) is 6.26 Å². The van der Waals surface area contributed by atoms with Gasteiger partial charge in [0.05, 0.1) is 0 Å². The summed E-state index contributed by atoms with van der Waals surface area (Å²) in [7, 11) is 0. The van der Waals surface area contributed by atoms with Gasteiger partial charge in [-0.25, -0.2) is 4.98 Å². The second-order valence-corrected chi connectivity index (χ2v) is 6.19. The summed E-state index contributed by atoms with van der Waals surface area (Å²) in [4.78, 5) is 4.48. The largest absolute Gasteiger partial charge is 0.487 e. The van der Waals surface area contributed by atoms with Crippen LogP contribution in [-0.2, 0) is 6.61 Å². The van der Waals surface area contributed by atoms with Crippen LogP contribution >= 0.6 is 0 Å². The molecule has 0 atom stereocenters. The van der Waals surface area contributed by atoms with E-state index in [2.05, 4.69) is 48.3 Å². The highest BCUT2D eigenvalue weighted by Crippen LogP contribution is 2.24. The molecule has 0 unspecified atom stereocenters. The van der Waals surface area contributed by atoms with Crippen molar-refractivity contribution in [3.05, 3.63) is 96.4 Å². The third-order valence-corrected chi connectivity index (χ3v) is 4.20. The Hall–Kier alpha value is -3.33. The molecule has 0 bridgehead atoms. The van der Waals surface area contributed by atoms with Crippen molar-refractivity contribution in [1.82, 2.24) is 4.98 Å². The van der Waals surface area contributed by atoms with Gasteiger partial charge in [0, 0.05) is 5.56 Å². The molecule has 0 amide bonds. The highest BCUT2D eigenvalue weighted by atomic mass is 16.5. The minimum absolute atomic E-state index is 0.375. The maximum Gasteiger partial charge on any atom is 0.226 e. The van der Waals surface area contributed by atoms with E-state index in [-0.39, 0.29) is 0 Å². The fraction of sp³-hybridized carbons (Fsp3) is 0.0870. The van der Waals surface area contributed by atoms with E-state index >= 15 is 0 Å². The lowest BCUT2D eigenvalue weighted by Crippen LogP contribution is -1.95. The number of hydrogen-bond donors (Lipinski definition) is 0. The van der Waals surface area contributed by atoms with E-state index in [0.717, 1.165) is 17.0 Å². The second kappa shape index (κ2) is 7.28. The van der Waals surface area contributed by atoms with Crippen LogP contribution in [0.2, 0.25) is 0 Å². The molecule has 0 aliphatic carbocycles. The fourth-order valence-electron chi connectivity index (χ4n) is 2.73. The van der Waals surface area contributed by atoms with Crippen LogP contribution in [0.4, 0.5) is 0 Å². The predicted molar refractivity (Wildman–Crippen MR) is 103 cm³/mol. The average Bonchev–Trinajstić information content (AvgIpc) is 3.17. The summed E-state index contributed by atoms with van der Waals surface area (Å²) in [6.07, 6.45) is 1.64. The third-order valence-electron chi connectivity index (χ3n) is 4.20. The van der Waals surface area contributed by atoms with E-state index in [1.165, 1.54) is 16.7 Å². The van der Waals surface area contributed by atoms with Crippen LogP contribution in [0.3, 0.4) is 0 Å². The quantitative estimate of drug-likeness (QED) is 0.453. The lowest BCUT2D eigenvalue weighted by Gasteiger charge is -2.06. The summed E-state index contributed by atoms with van der Waals surface area (Å²) in [6.45, 7) is 2.47. The van der Waals surface area contributed by atoms with Gasteiger partial charge in [0.25, 0.3) is 0 Å². The maximum absolute atomic E-state index is 5.83. The molecule has 3 heteroatoms. The molecular weight excluding hydrogens is 322 g/mol. The van der Waals surface area contributed by atoms with E-state index in [9.17, 15) is 0 Å². The minimum Gasteiger partial charge on any atom is -0.487 e. The molecule has 0 saturated heterocycles. The van der Waals surface area contributed by atoms with Crippen LogP contribution in [0.1, 0.15) is 11.3 Å². The van der Waals surface area contributed by atoms with Gasteiger partial charge in [0.15, 0.2) is 0 Å². The SMILES string of the molecule is Cc1ccc(-c2ccc(OCc3coc(-c4ccccc4)n3)cc2)cc1. The number of aryl methyl sites for hydroxylation is 1. The number of aromatic nitrogens is 1. The van der Waals surface area contributed by atoms with Crippen molar-refractivity contribution in [2.45, 2.75) is 13.5 Å². The van der Waals surface area contributed by atoms with Crippen LogP contribution in [-0.4, -0.2) is 4.98 Å². The van der Waals surface area contributed by atoms with Crippen LogP contribution in [0.5, 0.6) is 5.75 Å². The van der Waals surface area contributed by atoms with E-state index in [4.69, 9.17) is 9.15 Å². The molecule has 3 nitrogen and oxygen atoms in total. The molecule has 128 valence electrons. The third kappa shape index (κ3) is 3.67. The first kappa shape index (κ1) is 16.2. The smallest absolute Gasteiger partial charge is 0.226 e. The molecule has 0 saturated carbocycles. The number of ether oxygens (including phenoxy) is 1. The Morgan fingerprint density at radius 3 is 2.12 bits per heavy atom. The Morgan fingerprint density at radius 1 is 0.769 bits per heavy atom. The number of benzene rings is 3. The molecular formula is C23H19NO2. The van der Waals surface area contributed by atoms with Gasteiger partial charge >= 0.3 is 0 Å². The second-order valence-electron chi connectivity index (χ2n) is 6.19. The van der Waals surface area contributed by atoms with Crippen molar-refractivity contribution >= 4 is 0 Å². The van der Waals surface area contributed by atoms with E-state index in [1.807, 2.05) is 42.5 Å². The number of hydrogen-bond acceptors (Lipinski definition) is 3. The molecule has 4 rings (SSSR count). The highest BCUT2D eigenvalue weighted by Gasteiger charge is 2.07. The Bertz CT molecular complexity index is 971. The molecule has 1 aromatic heterocycles. The topological polar surface area (TPSA) is 35.3 Å². The Labute approximate surface area is 152 Å². The first-order valence-corrected chi connectivity index (χ1v) is 8.58. The molecule has 3 aromatic carbocycles. The normalized spacial score (nSPS) is 10.7. The minimum atomic E-state index is 0.375. The maximum atomic E-state index is 5.83. The van der Waals surface area contributed by atoms with Gasteiger partial charge in [-0.15, -0.1) is 0 Å². The molecule has 0 radical (unpaired) electrons. The Kier molecular flexibility index (Phi) is 4.52. The van der Waals surface area contributed by atoms with Crippen LogP contribution in [0.15, 0.2) is 89.5 Å². The van der Waals surface area contributed by atoms with Gasteiger partial charge in [0.2, 0.25) is 5.89 Å². The summed E-state index contributed by atoms with van der Waals surface area (Å²) in [5.74, 6) is 1.42. The highest BCUT2D eigenvalue weighted by molar-refractivity contribution is 5.64. The van der Waals surface area contributed by atoms with Gasteiger partial charge in [-0.05, 0) is 42.3 Å². The molecule has 0 spiro atoms. The number of rotatable bonds is 5. The molecule has 4 aromatic rings. The number of oxazole rings is 1. The summed E-state index contributed by atoms with van der Waals surface area (Å²) in [5.41, 5.74) is 5.36. The van der Waals surface area contributed by atoms with Crippen molar-refractivity contribution in [2.24, 2.45) is 0 Å². The first-order chi connectivity index (χ1) is 12.8. The molecule has 0 fully saturated rings. The summed E-state index contributed by atoms with van der Waals surface area (Å²) >= 11 is 0. The van der Waals surface area contributed by atoms with Gasteiger partial charge in [0.1, 0.15) is 24.3 Å². The average molecular weight is 341 g/mol. The summed E-state index contributed by atoms with van der Waals surface area (Å²) in [5, 5.41) is 0. The van der Waals surface area contributed by atoms with Crippen molar-refractivity contribution < 1.29 is 9.15 Å². The Balaban J connectivity index is 1.41. The molecule has 1 heterocycles. The van der Waals surface area contributed by atoms with Crippen molar-refractivity contribution in [3.8, 4) is 28.3 Å². The van der Waals surface area contributed by atoms with Gasteiger partial charge in [-0.2, -0.15) is 0 Å². The lowest BCUT2D eigenvalue weighted by molar-refractivity contribution is 0.301.